The number of hydrogen-bond donors (Lipinski definition) is 3. The number of hydrogen-bond acceptors (Lipinski definition) is 6. The van der Waals surface area contributed by atoms with Crippen LogP contribution in [0, 0.1) is 10.2 Å². The van der Waals surface area contributed by atoms with E-state index in [2.05, 4.69) is 0 Å². The van der Waals surface area contributed by atoms with Gasteiger partial charge >= 0.3 is 48.4 Å². The van der Waals surface area contributed by atoms with Gasteiger partial charge in [0.15, 0.2) is 0 Å². The van der Waals surface area contributed by atoms with Gasteiger partial charge in [-0.3, -0.25) is 0 Å². The second-order valence-electron chi connectivity index (χ2n) is 0.925. The molecule has 0 bridgehead atoms. The molecule has 15 heavy (non-hydrogen) atoms. The summed E-state index contributed by atoms with van der Waals surface area (Å²) in [4.78, 5) is 8.89. The predicted octanol–water partition coefficient (Wildman–Crippen LogP) is -0.521. The van der Waals surface area contributed by atoms with Crippen molar-refractivity contribution in [2.45, 2.75) is 6.92 Å². The van der Waals surface area contributed by atoms with E-state index in [0.29, 0.717) is 0 Å². The van der Waals surface area contributed by atoms with Crippen LogP contribution >= 0.6 is 0 Å². The molecule has 98 valence electrons. The number of carbonyl (C=O) groups excluding carboxylic acids is 1. The Morgan fingerprint density at radius 3 is 1.00 bits per heavy atom. The van der Waals surface area contributed by atoms with Crippen LogP contribution in [-0.4, -0.2) is 19.9 Å². The summed E-state index contributed by atoms with van der Waals surface area (Å²) < 4.78 is 30.2. The third kappa shape index (κ3) is 3710000. The van der Waals surface area contributed by atoms with Crippen LogP contribution in [-0.2, 0) is 24.3 Å². The zero-order chi connectivity index (χ0) is 8.08. The molecule has 0 spiro atoms. The Balaban J connectivity index is -0.00000000785. The van der Waals surface area contributed by atoms with E-state index in [1.165, 1.54) is 0 Å². The van der Waals surface area contributed by atoms with E-state index in [0.717, 1.165) is 6.92 Å². The van der Waals surface area contributed by atoms with Gasteiger partial charge in [-0.05, 0) is 6.92 Å². The topological polar surface area (TPSA) is 291 Å². The molecule has 13 heteroatoms. The van der Waals surface area contributed by atoms with Gasteiger partial charge in [0.25, 0.3) is 0 Å². The van der Waals surface area contributed by atoms with Crippen molar-refractivity contribution in [2.75, 3.05) is 0 Å². The van der Waals surface area contributed by atoms with E-state index in [9.17, 15) is 0 Å². The van der Waals surface area contributed by atoms with E-state index >= 15 is 0 Å². The van der Waals surface area contributed by atoms with Gasteiger partial charge in [0.05, 0.1) is 0 Å². The molecule has 0 saturated carbocycles. The molecule has 0 aromatic carbocycles. The SMILES string of the molecule is CC(=O)[O-].[NH2-].[NH2-].[NH2-].[NH2-].[NH2-].[O-][Cl+](O)(O)O.[Ru+8]. The Morgan fingerprint density at radius 2 is 1.00 bits per heavy atom. The zero-order valence-corrected chi connectivity index (χ0v) is 10.2. The Morgan fingerprint density at radius 1 is 1.00 bits per heavy atom. The molecule has 0 amide bonds. The van der Waals surface area contributed by atoms with Crippen LogP contribution in [0.15, 0.2) is 0 Å². The molecular weight excluding hydrogens is 327 g/mol. The largest absolute Gasteiger partial charge is 8.00 e. The van der Waals surface area contributed by atoms with Crippen LogP contribution < -0.4 is 9.77 Å². The van der Waals surface area contributed by atoms with Gasteiger partial charge in [-0.1, -0.05) is 0 Å². The molecule has 0 aliphatic carbocycles. The maximum Gasteiger partial charge on any atom is 8.00 e. The van der Waals surface area contributed by atoms with Crippen LogP contribution in [0.25, 0.3) is 30.8 Å². The fourth-order valence-electron chi connectivity index (χ4n) is 0. The molecule has 0 aromatic heterocycles. The molecule has 0 heterocycles. The maximum atomic E-state index is 8.89. The van der Waals surface area contributed by atoms with Crippen LogP contribution in [0.4, 0.5) is 0 Å². The molecule has 13 N–H and O–H groups in total. The Kier molecular flexibility index (Phi) is 117. The molecule has 0 rings (SSSR count). The van der Waals surface area contributed by atoms with Crippen LogP contribution in [0.2, 0.25) is 0 Å². The van der Waals surface area contributed by atoms with Gasteiger partial charge in [0, 0.05) is 5.97 Å². The van der Waals surface area contributed by atoms with E-state index in [1.54, 1.807) is 0 Å². The zero-order valence-electron chi connectivity index (χ0n) is 7.68. The van der Waals surface area contributed by atoms with Gasteiger partial charge in [-0.2, -0.15) is 0 Å². The first-order valence-electron chi connectivity index (χ1n) is 1.57. The summed E-state index contributed by atoms with van der Waals surface area (Å²) in [6.07, 6.45) is 0. The third-order valence-electron chi connectivity index (χ3n) is 0. The van der Waals surface area contributed by atoms with Crippen molar-refractivity contribution >= 4 is 5.97 Å². The van der Waals surface area contributed by atoms with Crippen molar-refractivity contribution < 1.29 is 58.3 Å². The van der Waals surface area contributed by atoms with Crippen molar-refractivity contribution in [1.29, 1.82) is 0 Å². The van der Waals surface area contributed by atoms with Crippen molar-refractivity contribution in [3.63, 3.8) is 0 Å². The Hall–Kier alpha value is 0.0234. The van der Waals surface area contributed by atoms with Gasteiger partial charge in [-0.15, -0.1) is 0 Å². The number of rotatable bonds is 0. The quantitative estimate of drug-likeness (QED) is 0.485. The second kappa shape index (κ2) is 29.2. The van der Waals surface area contributed by atoms with E-state index in [4.69, 9.17) is 28.5 Å². The molecule has 0 atom stereocenters. The van der Waals surface area contributed by atoms with E-state index in [-0.39, 0.29) is 50.2 Å². The molecule has 0 aliphatic rings. The van der Waals surface area contributed by atoms with Gasteiger partial charge in [-0.25, -0.2) is 0 Å². The molecule has 0 radical (unpaired) electrons. The summed E-state index contributed by atoms with van der Waals surface area (Å²) >= 11 is 0. The smallest absolute Gasteiger partial charge is 8.00 e. The first kappa shape index (κ1) is 59.9. The average Bonchev–Trinajstić information content (AvgIpc) is 1.19. The summed E-state index contributed by atoms with van der Waals surface area (Å²) in [5.74, 6) is -1.08. The van der Waals surface area contributed by atoms with Gasteiger partial charge in [0.1, 0.15) is 0 Å². The minimum absolute atomic E-state index is 0. The summed E-state index contributed by atoms with van der Waals surface area (Å²) in [5, 5.41) is 8.89. The first-order chi connectivity index (χ1) is 3.73. The monoisotopic (exact) mass is 343 g/mol. The number of carbonyl (C=O) groups is 1. The second-order valence-corrected chi connectivity index (χ2v) is 1.79. The van der Waals surface area contributed by atoms with Crippen molar-refractivity contribution in [3.05, 3.63) is 30.8 Å². The normalized spacial score (nSPS) is 6.73. The molecule has 11 nitrogen and oxygen atoms in total. The number of aliphatic carboxylic acids is 1. The summed E-state index contributed by atoms with van der Waals surface area (Å²) in [6.45, 7) is 0.972. The van der Waals surface area contributed by atoms with Crippen molar-refractivity contribution in [1.82, 2.24) is 0 Å². The summed E-state index contributed by atoms with van der Waals surface area (Å²) in [5.41, 5.74) is 0. The predicted molar refractivity (Wildman–Crippen MR) is 43.8 cm³/mol. The van der Waals surface area contributed by atoms with Crippen LogP contribution in [0.5, 0.6) is 0 Å². The fraction of sp³-hybridized carbons (Fsp3) is 0.500. The molecule has 0 unspecified atom stereocenters. The van der Waals surface area contributed by atoms with Crippen molar-refractivity contribution in [2.24, 2.45) is 0 Å². The number of carboxylic acid groups (broad SMARTS) is 1. The van der Waals surface area contributed by atoms with Crippen LogP contribution in [0.3, 0.4) is 0 Å². The molecule has 0 fully saturated rings. The molecule has 0 aliphatic heterocycles. The average molecular weight is 343 g/mol. The minimum Gasteiger partial charge on any atom is 8.00 e. The Bertz CT molecular complexity index is 92.0. The maximum absolute atomic E-state index is 8.89. The van der Waals surface area contributed by atoms with Gasteiger partial charge in [0.2, 0.25) is 0 Å². The standard InChI is InChI=1S/C2H4O2.ClH3O4.5H2N.Ru/c1-2(3)4;2-1(3,4)5;;;;;;/h1H3,(H,3,4);2-4H;5*1H2;/q;;5*-1;+8/p-1. The number of nitrogens with two attached hydrogens (primary N) is 5. The summed E-state index contributed by atoms with van der Waals surface area (Å²) in [6, 6.07) is 0. The van der Waals surface area contributed by atoms with E-state index in [1.807, 2.05) is 0 Å². The van der Waals surface area contributed by atoms with Crippen molar-refractivity contribution in [3.8, 4) is 0 Å². The van der Waals surface area contributed by atoms with E-state index < -0.39 is 16.2 Å². The molecule has 0 saturated heterocycles. The minimum atomic E-state index is -4.19. The van der Waals surface area contributed by atoms with Crippen LogP contribution in [0.1, 0.15) is 6.92 Å². The summed E-state index contributed by atoms with van der Waals surface area (Å²) in [7, 11) is -4.19. The molecular formula is C2H16ClN5O6Ru+2. The Labute approximate surface area is 102 Å². The third-order valence-corrected chi connectivity index (χ3v) is 0. The van der Waals surface area contributed by atoms with Gasteiger partial charge < -0.3 is 40.7 Å². The molecule has 0 aromatic rings. The number of halogens is 1. The fourth-order valence-corrected chi connectivity index (χ4v) is 0. The first-order valence-corrected chi connectivity index (χ1v) is 2.89. The number of carboxylic acids is 1.